The lowest BCUT2D eigenvalue weighted by Crippen LogP contribution is -2.44. The summed E-state index contributed by atoms with van der Waals surface area (Å²) in [6.07, 6.45) is 0.653. The van der Waals surface area contributed by atoms with Crippen LogP contribution in [0.1, 0.15) is 37.3 Å². The van der Waals surface area contributed by atoms with Crippen molar-refractivity contribution < 1.29 is 8.42 Å². The van der Waals surface area contributed by atoms with Crippen LogP contribution in [0.15, 0.2) is 29.3 Å². The second-order valence-electron chi connectivity index (χ2n) is 6.28. The Hall–Kier alpha value is -0.830. The van der Waals surface area contributed by atoms with Crippen LogP contribution in [0, 0.1) is 6.92 Å². The second kappa shape index (κ2) is 9.60. The predicted molar refractivity (Wildman–Crippen MR) is 111 cm³/mol. The van der Waals surface area contributed by atoms with Crippen molar-refractivity contribution in [3.8, 4) is 0 Å². The number of hydrogen-bond donors (Lipinski definition) is 2. The number of hydrogen-bond acceptors (Lipinski definition) is 3. The molecule has 0 aliphatic carbocycles. The maximum atomic E-state index is 11.6. The fraction of sp³-hybridized carbons (Fsp3) is 0.588. The zero-order valence-electron chi connectivity index (χ0n) is 14.6. The van der Waals surface area contributed by atoms with Crippen molar-refractivity contribution in [2.75, 3.05) is 24.6 Å². The molecule has 5 nitrogen and oxygen atoms in total. The molecule has 0 amide bonds. The van der Waals surface area contributed by atoms with Crippen molar-refractivity contribution in [2.45, 2.75) is 39.2 Å². The molecule has 1 heterocycles. The van der Waals surface area contributed by atoms with Gasteiger partial charge in [-0.3, -0.25) is 4.99 Å². The molecule has 1 saturated heterocycles. The summed E-state index contributed by atoms with van der Waals surface area (Å²) in [4.78, 5) is 4.63. The van der Waals surface area contributed by atoms with Crippen LogP contribution in [-0.2, 0) is 9.84 Å². The number of nitrogens with zero attached hydrogens (tertiary/aromatic N) is 1. The van der Waals surface area contributed by atoms with Crippen molar-refractivity contribution in [1.29, 1.82) is 0 Å². The molecule has 2 unspecified atom stereocenters. The van der Waals surface area contributed by atoms with Crippen LogP contribution in [-0.4, -0.2) is 45.0 Å². The van der Waals surface area contributed by atoms with E-state index in [9.17, 15) is 8.42 Å². The molecule has 136 valence electrons. The number of aryl methyl sites for hydroxylation is 1. The summed E-state index contributed by atoms with van der Waals surface area (Å²) < 4.78 is 23.1. The number of guanidine groups is 1. The first-order valence-corrected chi connectivity index (χ1v) is 10.0. The maximum absolute atomic E-state index is 11.6. The molecule has 1 fully saturated rings. The second-order valence-corrected chi connectivity index (χ2v) is 8.51. The standard InChI is InChI=1S/C17H27N3O2S.HI/c1-4-18-17(20-16-8-9-23(21,22)12-16)19-11-14(3)15-7-5-6-13(2)10-15;/h5-7,10,14,16H,4,8-9,11-12H2,1-3H3,(H2,18,19,20);1H. The third-order valence-electron chi connectivity index (χ3n) is 4.05. The summed E-state index contributed by atoms with van der Waals surface area (Å²) in [7, 11) is -2.88. The normalized spacial score (nSPS) is 21.0. The Labute approximate surface area is 162 Å². The first-order valence-electron chi connectivity index (χ1n) is 8.21. The largest absolute Gasteiger partial charge is 0.357 e. The zero-order valence-corrected chi connectivity index (χ0v) is 17.7. The van der Waals surface area contributed by atoms with Crippen LogP contribution in [0.2, 0.25) is 0 Å². The number of sulfone groups is 1. The van der Waals surface area contributed by atoms with E-state index in [1.54, 1.807) is 0 Å². The number of aliphatic imine (C=N–C) groups is 1. The summed E-state index contributed by atoms with van der Waals surface area (Å²) in [6, 6.07) is 8.43. The van der Waals surface area contributed by atoms with Gasteiger partial charge in [-0.15, -0.1) is 24.0 Å². The fourth-order valence-electron chi connectivity index (χ4n) is 2.73. The van der Waals surface area contributed by atoms with Gasteiger partial charge in [0.25, 0.3) is 0 Å². The number of nitrogens with one attached hydrogen (secondary N) is 2. The maximum Gasteiger partial charge on any atom is 0.191 e. The average Bonchev–Trinajstić information content (AvgIpc) is 2.83. The molecule has 2 atom stereocenters. The van der Waals surface area contributed by atoms with Gasteiger partial charge in [0.15, 0.2) is 15.8 Å². The third kappa shape index (κ3) is 6.58. The number of benzene rings is 1. The summed E-state index contributed by atoms with van der Waals surface area (Å²) >= 11 is 0. The van der Waals surface area contributed by atoms with E-state index >= 15 is 0 Å². The van der Waals surface area contributed by atoms with Gasteiger partial charge in [0.05, 0.1) is 11.5 Å². The van der Waals surface area contributed by atoms with Crippen molar-refractivity contribution in [2.24, 2.45) is 4.99 Å². The van der Waals surface area contributed by atoms with Crippen molar-refractivity contribution in [3.63, 3.8) is 0 Å². The van der Waals surface area contributed by atoms with E-state index < -0.39 is 9.84 Å². The summed E-state index contributed by atoms with van der Waals surface area (Å²) in [5.41, 5.74) is 2.52. The van der Waals surface area contributed by atoms with Crippen LogP contribution in [0.4, 0.5) is 0 Å². The highest BCUT2D eigenvalue weighted by molar-refractivity contribution is 14.0. The SMILES string of the molecule is CCNC(=NCC(C)c1cccc(C)c1)NC1CCS(=O)(=O)C1.I. The summed E-state index contributed by atoms with van der Waals surface area (Å²) in [6.45, 7) is 7.67. The smallest absolute Gasteiger partial charge is 0.191 e. The molecule has 1 aromatic rings. The van der Waals surface area contributed by atoms with E-state index in [2.05, 4.69) is 53.7 Å². The molecule has 7 heteroatoms. The molecule has 0 saturated carbocycles. The zero-order chi connectivity index (χ0) is 16.9. The Kier molecular flexibility index (Phi) is 8.49. The first kappa shape index (κ1) is 21.2. The highest BCUT2D eigenvalue weighted by Crippen LogP contribution is 2.17. The highest BCUT2D eigenvalue weighted by Gasteiger charge is 2.28. The molecule has 1 aliphatic heterocycles. The molecule has 0 aromatic heterocycles. The summed E-state index contributed by atoms with van der Waals surface area (Å²) in [5.74, 6) is 1.49. The minimum atomic E-state index is -2.88. The molecule has 0 bridgehead atoms. The monoisotopic (exact) mass is 465 g/mol. The third-order valence-corrected chi connectivity index (χ3v) is 5.82. The van der Waals surface area contributed by atoms with Gasteiger partial charge in [-0.05, 0) is 25.8 Å². The Balaban J connectivity index is 0.00000288. The van der Waals surface area contributed by atoms with E-state index in [1.807, 2.05) is 6.92 Å². The van der Waals surface area contributed by atoms with E-state index in [-0.39, 0.29) is 41.5 Å². The Morgan fingerprint density at radius 2 is 2.17 bits per heavy atom. The van der Waals surface area contributed by atoms with Crippen LogP contribution in [0.5, 0.6) is 0 Å². The van der Waals surface area contributed by atoms with Gasteiger partial charge >= 0.3 is 0 Å². The van der Waals surface area contributed by atoms with Gasteiger partial charge in [0.1, 0.15) is 0 Å². The molecule has 0 spiro atoms. The minimum absolute atomic E-state index is 0. The van der Waals surface area contributed by atoms with Gasteiger partial charge in [0, 0.05) is 25.0 Å². The summed E-state index contributed by atoms with van der Waals surface area (Å²) in [5, 5.41) is 6.45. The predicted octanol–water partition coefficient (Wildman–Crippen LogP) is 2.46. The van der Waals surface area contributed by atoms with E-state index in [1.165, 1.54) is 11.1 Å². The van der Waals surface area contributed by atoms with E-state index in [0.717, 1.165) is 6.54 Å². The van der Waals surface area contributed by atoms with Crippen LogP contribution in [0.3, 0.4) is 0 Å². The van der Waals surface area contributed by atoms with Crippen molar-refractivity contribution in [3.05, 3.63) is 35.4 Å². The molecular weight excluding hydrogens is 437 g/mol. The lowest BCUT2D eigenvalue weighted by atomic mass is 10.00. The molecular formula is C17H28IN3O2S. The molecule has 2 N–H and O–H groups in total. The highest BCUT2D eigenvalue weighted by atomic mass is 127. The molecule has 1 aliphatic rings. The topological polar surface area (TPSA) is 70.6 Å². The Morgan fingerprint density at radius 1 is 1.42 bits per heavy atom. The molecule has 1 aromatic carbocycles. The Morgan fingerprint density at radius 3 is 2.75 bits per heavy atom. The Bertz CT molecular complexity index is 662. The van der Waals surface area contributed by atoms with Crippen LogP contribution < -0.4 is 10.6 Å². The van der Waals surface area contributed by atoms with Gasteiger partial charge < -0.3 is 10.6 Å². The first-order chi connectivity index (χ1) is 10.9. The van der Waals surface area contributed by atoms with Crippen LogP contribution in [0.25, 0.3) is 0 Å². The number of halogens is 1. The number of rotatable bonds is 5. The van der Waals surface area contributed by atoms with Crippen LogP contribution >= 0.6 is 24.0 Å². The molecule has 2 rings (SSSR count). The minimum Gasteiger partial charge on any atom is -0.357 e. The van der Waals surface area contributed by atoms with Gasteiger partial charge in [-0.1, -0.05) is 36.8 Å². The van der Waals surface area contributed by atoms with E-state index in [0.29, 0.717) is 24.8 Å². The lowest BCUT2D eigenvalue weighted by Gasteiger charge is -2.17. The molecule has 24 heavy (non-hydrogen) atoms. The van der Waals surface area contributed by atoms with Crippen molar-refractivity contribution in [1.82, 2.24) is 10.6 Å². The van der Waals surface area contributed by atoms with Gasteiger partial charge in [-0.25, -0.2) is 8.42 Å². The van der Waals surface area contributed by atoms with Crippen molar-refractivity contribution >= 4 is 39.8 Å². The quantitative estimate of drug-likeness (QED) is 0.398. The van der Waals surface area contributed by atoms with Gasteiger partial charge in [0.2, 0.25) is 0 Å². The average molecular weight is 465 g/mol. The molecule has 0 radical (unpaired) electrons. The van der Waals surface area contributed by atoms with Gasteiger partial charge in [-0.2, -0.15) is 0 Å². The lowest BCUT2D eigenvalue weighted by molar-refractivity contribution is 0.599. The van der Waals surface area contributed by atoms with E-state index in [4.69, 9.17) is 0 Å². The fourth-order valence-corrected chi connectivity index (χ4v) is 4.41.